The van der Waals surface area contributed by atoms with Gasteiger partial charge in [-0.2, -0.15) is 0 Å². The van der Waals surface area contributed by atoms with Crippen LogP contribution in [0.1, 0.15) is 0 Å². The summed E-state index contributed by atoms with van der Waals surface area (Å²) in [5.74, 6) is 0. The molecule has 0 fully saturated rings. The number of hydrogen-bond donors (Lipinski definition) is 1. The van der Waals surface area contributed by atoms with Crippen molar-refractivity contribution in [2.75, 3.05) is 0 Å². The van der Waals surface area contributed by atoms with Crippen molar-refractivity contribution in [1.29, 1.82) is 0 Å². The van der Waals surface area contributed by atoms with Crippen LogP contribution >= 0.6 is 0 Å². The third kappa shape index (κ3) is 5.39. The first-order valence-corrected chi connectivity index (χ1v) is 24.1. The van der Waals surface area contributed by atoms with E-state index in [4.69, 9.17) is 0 Å². The van der Waals surface area contributed by atoms with Crippen LogP contribution in [0, 0.1) is 0 Å². The summed E-state index contributed by atoms with van der Waals surface area (Å²) in [6.45, 7) is 0. The van der Waals surface area contributed by atoms with Crippen molar-refractivity contribution in [3.05, 3.63) is 243 Å². The van der Waals surface area contributed by atoms with Crippen LogP contribution in [0.2, 0.25) is 0 Å². The summed E-state index contributed by atoms with van der Waals surface area (Å²) in [4.78, 5) is 3.85. The Morgan fingerprint density at radius 3 is 1.53 bits per heavy atom. The van der Waals surface area contributed by atoms with Gasteiger partial charge in [0.15, 0.2) is 8.07 Å². The van der Waals surface area contributed by atoms with Crippen molar-refractivity contribution in [1.82, 2.24) is 14.1 Å². The van der Waals surface area contributed by atoms with Gasteiger partial charge in [0.2, 0.25) is 0 Å². The SMILES string of the molecule is c1ccc(-n2c3ccccc3c3cc(-c4ccc([Si](c5ccccc5)(c5ccccc5)c5cccc(-n6c7ccccc7c7ccc8c9ccccc9[nH]c8c76)c5)cc4)ccc32)cc1. The summed E-state index contributed by atoms with van der Waals surface area (Å²) in [6.07, 6.45) is 0. The molecule has 0 saturated heterocycles. The summed E-state index contributed by atoms with van der Waals surface area (Å²) in [7, 11) is -2.92. The molecule has 0 aliphatic carbocycles. The summed E-state index contributed by atoms with van der Waals surface area (Å²) < 4.78 is 4.88. The molecule has 3 heterocycles. The topological polar surface area (TPSA) is 25.6 Å². The third-order valence-corrected chi connectivity index (χ3v) is 18.4. The highest BCUT2D eigenvalue weighted by atomic mass is 28.3. The summed E-state index contributed by atoms with van der Waals surface area (Å²) in [5, 5.41) is 12.9. The molecule has 0 spiro atoms. The van der Waals surface area contributed by atoms with Gasteiger partial charge in [0.1, 0.15) is 0 Å². The molecule has 3 nitrogen and oxygen atoms in total. The Bertz CT molecular complexity index is 3840. The van der Waals surface area contributed by atoms with E-state index in [9.17, 15) is 0 Å². The lowest BCUT2D eigenvalue weighted by atomic mass is 10.0. The molecular formula is C60H41N3Si. The van der Waals surface area contributed by atoms with E-state index in [0.29, 0.717) is 0 Å². The summed E-state index contributed by atoms with van der Waals surface area (Å²) >= 11 is 0. The van der Waals surface area contributed by atoms with Crippen LogP contribution in [0.4, 0.5) is 0 Å². The second kappa shape index (κ2) is 14.5. The average Bonchev–Trinajstić information content (AvgIpc) is 4.03. The van der Waals surface area contributed by atoms with Gasteiger partial charge in [-0.05, 0) is 86.5 Å². The minimum Gasteiger partial charge on any atom is -0.353 e. The molecule has 0 amide bonds. The van der Waals surface area contributed by atoms with Gasteiger partial charge in [-0.15, -0.1) is 0 Å². The number of rotatable bonds is 7. The maximum atomic E-state index is 3.85. The standard InChI is InChI=1S/C60H41N3Si/c1-4-17-43(18-5-1)62-56-29-14-12-27-51(56)54-39-42(33-38-58(54)62)41-31-34-47(35-32-41)64(45-20-6-2-7-21-45,46-22-8-3-9-23-46)48-24-16-19-44(40-48)63-57-30-15-11-26-50(57)53-37-36-52-49-25-10-13-28-55(49)61-59(52)60(53)63/h1-40,61H. The van der Waals surface area contributed by atoms with Crippen molar-refractivity contribution in [2.45, 2.75) is 0 Å². The Balaban J connectivity index is 1.02. The first-order valence-electron chi connectivity index (χ1n) is 22.1. The highest BCUT2D eigenvalue weighted by Crippen LogP contribution is 2.39. The molecular weight excluding hydrogens is 791 g/mol. The van der Waals surface area contributed by atoms with E-state index >= 15 is 0 Å². The van der Waals surface area contributed by atoms with E-state index in [-0.39, 0.29) is 0 Å². The third-order valence-electron chi connectivity index (χ3n) is 13.6. The Kier molecular flexibility index (Phi) is 8.23. The zero-order chi connectivity index (χ0) is 42.2. The number of fused-ring (bicyclic) bond motifs is 10. The van der Waals surface area contributed by atoms with E-state index in [1.165, 1.54) is 91.9 Å². The fraction of sp³-hybridized carbons (Fsp3) is 0. The van der Waals surface area contributed by atoms with Gasteiger partial charge < -0.3 is 14.1 Å². The number of H-pyrrole nitrogens is 1. The van der Waals surface area contributed by atoms with Crippen molar-refractivity contribution >= 4 is 94.2 Å². The van der Waals surface area contributed by atoms with Crippen molar-refractivity contribution in [2.24, 2.45) is 0 Å². The van der Waals surface area contributed by atoms with E-state index in [1.54, 1.807) is 0 Å². The van der Waals surface area contributed by atoms with Crippen molar-refractivity contribution < 1.29 is 0 Å². The smallest absolute Gasteiger partial charge is 0.179 e. The van der Waals surface area contributed by atoms with Crippen LogP contribution in [0.5, 0.6) is 0 Å². The summed E-state index contributed by atoms with van der Waals surface area (Å²) in [6, 6.07) is 90.0. The quantitative estimate of drug-likeness (QED) is 0.122. The van der Waals surface area contributed by atoms with Gasteiger partial charge in [0.25, 0.3) is 0 Å². The van der Waals surface area contributed by atoms with Crippen LogP contribution in [-0.4, -0.2) is 22.2 Å². The number of aromatic nitrogens is 3. The van der Waals surface area contributed by atoms with E-state index in [2.05, 4.69) is 257 Å². The Labute approximate surface area is 371 Å². The molecule has 0 radical (unpaired) electrons. The van der Waals surface area contributed by atoms with E-state index < -0.39 is 8.07 Å². The van der Waals surface area contributed by atoms with Gasteiger partial charge in [-0.1, -0.05) is 188 Å². The molecule has 3 aromatic heterocycles. The molecule has 0 bridgehead atoms. The summed E-state index contributed by atoms with van der Waals surface area (Å²) in [5.41, 5.74) is 11.9. The maximum absolute atomic E-state index is 3.85. The number of hydrogen-bond acceptors (Lipinski definition) is 0. The predicted molar refractivity (Wildman–Crippen MR) is 274 cm³/mol. The minimum absolute atomic E-state index is 1.15. The molecule has 10 aromatic carbocycles. The lowest BCUT2D eigenvalue weighted by Gasteiger charge is -2.35. The minimum atomic E-state index is -2.92. The second-order valence-electron chi connectivity index (χ2n) is 16.9. The number of nitrogens with one attached hydrogen (secondary N) is 1. The van der Waals surface area contributed by atoms with Gasteiger partial charge in [0.05, 0.1) is 27.6 Å². The van der Waals surface area contributed by atoms with E-state index in [1.807, 2.05) is 0 Å². The molecule has 1 N–H and O–H groups in total. The second-order valence-corrected chi connectivity index (χ2v) is 20.7. The van der Waals surface area contributed by atoms with Gasteiger partial charge in [-0.25, -0.2) is 0 Å². The van der Waals surface area contributed by atoms with Gasteiger partial charge in [0, 0.05) is 49.2 Å². The highest BCUT2D eigenvalue weighted by molar-refractivity contribution is 7.19. The highest BCUT2D eigenvalue weighted by Gasteiger charge is 2.41. The number of para-hydroxylation sites is 4. The molecule has 13 aromatic rings. The fourth-order valence-electron chi connectivity index (χ4n) is 10.8. The van der Waals surface area contributed by atoms with Gasteiger partial charge in [-0.3, -0.25) is 0 Å². The van der Waals surface area contributed by atoms with Crippen LogP contribution < -0.4 is 20.7 Å². The molecule has 64 heavy (non-hydrogen) atoms. The van der Waals surface area contributed by atoms with Crippen molar-refractivity contribution in [3.8, 4) is 22.5 Å². The number of benzene rings is 10. The van der Waals surface area contributed by atoms with Gasteiger partial charge >= 0.3 is 0 Å². The zero-order valence-electron chi connectivity index (χ0n) is 35.0. The molecule has 0 aliphatic heterocycles. The lowest BCUT2D eigenvalue weighted by molar-refractivity contribution is 1.18. The molecule has 0 unspecified atom stereocenters. The van der Waals surface area contributed by atoms with Crippen LogP contribution in [-0.2, 0) is 0 Å². The normalized spacial score (nSPS) is 12.1. The molecule has 0 saturated carbocycles. The Morgan fingerprint density at radius 2 is 0.812 bits per heavy atom. The first kappa shape index (κ1) is 36.5. The van der Waals surface area contributed by atoms with E-state index in [0.717, 1.165) is 16.7 Å². The van der Waals surface area contributed by atoms with Crippen LogP contribution in [0.25, 0.3) is 87.9 Å². The Morgan fingerprint density at radius 1 is 0.297 bits per heavy atom. The largest absolute Gasteiger partial charge is 0.353 e. The molecule has 4 heteroatoms. The lowest BCUT2D eigenvalue weighted by Crippen LogP contribution is -2.74. The molecule has 300 valence electrons. The maximum Gasteiger partial charge on any atom is 0.179 e. The molecule has 13 rings (SSSR count). The first-order chi connectivity index (χ1) is 31.8. The zero-order valence-corrected chi connectivity index (χ0v) is 36.0. The fourth-order valence-corrected chi connectivity index (χ4v) is 15.6. The average molecular weight is 832 g/mol. The molecule has 0 aliphatic rings. The monoisotopic (exact) mass is 831 g/mol. The predicted octanol–water partition coefficient (Wildman–Crippen LogP) is 12.6. The van der Waals surface area contributed by atoms with Crippen LogP contribution in [0.3, 0.4) is 0 Å². The number of aromatic amines is 1. The number of nitrogens with zero attached hydrogens (tertiary/aromatic N) is 2. The molecule has 0 atom stereocenters. The Hall–Kier alpha value is -8.18. The van der Waals surface area contributed by atoms with Crippen LogP contribution in [0.15, 0.2) is 243 Å². The van der Waals surface area contributed by atoms with Crippen molar-refractivity contribution in [3.63, 3.8) is 0 Å².